The lowest BCUT2D eigenvalue weighted by atomic mass is 10.0. The van der Waals surface area contributed by atoms with E-state index in [-0.39, 0.29) is 5.78 Å². The fourth-order valence-corrected chi connectivity index (χ4v) is 3.46. The maximum absolute atomic E-state index is 11.6. The zero-order valence-electron chi connectivity index (χ0n) is 9.84. The summed E-state index contributed by atoms with van der Waals surface area (Å²) < 4.78 is 0. The molecule has 0 N–H and O–H groups in total. The largest absolute Gasteiger partial charge is 0.294 e. The summed E-state index contributed by atoms with van der Waals surface area (Å²) in [5.41, 5.74) is 3.55. The van der Waals surface area contributed by atoms with Gasteiger partial charge in [-0.1, -0.05) is 53.0 Å². The summed E-state index contributed by atoms with van der Waals surface area (Å²) >= 11 is 18.3. The standard InChI is InChI=1S/C15H9Cl3O/c16-10-6-12(17)15(13(18)7-10)9-1-3-11-8(5-9)2-4-14(11)19/h1,3,5-7H,2,4H2. The number of halogens is 3. The second kappa shape index (κ2) is 4.82. The molecule has 1 nitrogen and oxygen atoms in total. The van der Waals surface area contributed by atoms with Crippen LogP contribution in [0.5, 0.6) is 0 Å². The van der Waals surface area contributed by atoms with Crippen molar-refractivity contribution < 1.29 is 4.79 Å². The summed E-state index contributed by atoms with van der Waals surface area (Å²) in [6.45, 7) is 0. The lowest BCUT2D eigenvalue weighted by molar-refractivity contribution is 0.0994. The molecule has 0 aliphatic heterocycles. The Morgan fingerprint density at radius 3 is 2.26 bits per heavy atom. The molecule has 4 heteroatoms. The summed E-state index contributed by atoms with van der Waals surface area (Å²) in [7, 11) is 0. The minimum Gasteiger partial charge on any atom is -0.294 e. The van der Waals surface area contributed by atoms with Gasteiger partial charge < -0.3 is 0 Å². The predicted octanol–water partition coefficient (Wildman–Crippen LogP) is 5.44. The van der Waals surface area contributed by atoms with Crippen molar-refractivity contribution in [1.82, 2.24) is 0 Å². The summed E-state index contributed by atoms with van der Waals surface area (Å²) in [4.78, 5) is 11.6. The molecule has 0 radical (unpaired) electrons. The fourth-order valence-electron chi connectivity index (χ4n) is 2.43. The quantitative estimate of drug-likeness (QED) is 0.685. The van der Waals surface area contributed by atoms with Crippen LogP contribution in [-0.4, -0.2) is 5.78 Å². The Balaban J connectivity index is 2.16. The van der Waals surface area contributed by atoms with Crippen LogP contribution < -0.4 is 0 Å². The van der Waals surface area contributed by atoms with Crippen molar-refractivity contribution in [3.05, 3.63) is 56.5 Å². The van der Waals surface area contributed by atoms with Crippen molar-refractivity contribution in [2.24, 2.45) is 0 Å². The molecular formula is C15H9Cl3O. The van der Waals surface area contributed by atoms with Crippen molar-refractivity contribution in [3.8, 4) is 11.1 Å². The van der Waals surface area contributed by atoms with Gasteiger partial charge in [-0.25, -0.2) is 0 Å². The van der Waals surface area contributed by atoms with Crippen LogP contribution in [0.4, 0.5) is 0 Å². The van der Waals surface area contributed by atoms with Crippen molar-refractivity contribution in [2.45, 2.75) is 12.8 Å². The van der Waals surface area contributed by atoms with Crippen LogP contribution in [0, 0.1) is 0 Å². The van der Waals surface area contributed by atoms with Gasteiger partial charge in [0.1, 0.15) is 0 Å². The second-order valence-electron chi connectivity index (χ2n) is 4.54. The molecule has 0 unspecified atom stereocenters. The number of Topliss-reactive ketones (excluding diaryl/α,β-unsaturated/α-hetero) is 1. The van der Waals surface area contributed by atoms with Gasteiger partial charge in [-0.15, -0.1) is 0 Å². The van der Waals surface area contributed by atoms with Gasteiger partial charge in [-0.05, 0) is 29.7 Å². The summed E-state index contributed by atoms with van der Waals surface area (Å²) in [6.07, 6.45) is 1.37. The first-order valence-electron chi connectivity index (χ1n) is 5.87. The molecule has 0 bridgehead atoms. The predicted molar refractivity (Wildman–Crippen MR) is 79.6 cm³/mol. The fraction of sp³-hybridized carbons (Fsp3) is 0.133. The van der Waals surface area contributed by atoms with E-state index in [9.17, 15) is 4.79 Å². The maximum atomic E-state index is 11.6. The molecule has 19 heavy (non-hydrogen) atoms. The van der Waals surface area contributed by atoms with E-state index in [4.69, 9.17) is 34.8 Å². The first-order valence-corrected chi connectivity index (χ1v) is 7.00. The van der Waals surface area contributed by atoms with Gasteiger partial charge in [-0.3, -0.25) is 4.79 Å². The van der Waals surface area contributed by atoms with Crippen molar-refractivity contribution in [2.75, 3.05) is 0 Å². The highest BCUT2D eigenvalue weighted by molar-refractivity contribution is 6.41. The average Bonchev–Trinajstić information content (AvgIpc) is 2.69. The lowest BCUT2D eigenvalue weighted by Gasteiger charge is -2.09. The smallest absolute Gasteiger partial charge is 0.163 e. The highest BCUT2D eigenvalue weighted by Gasteiger charge is 2.20. The Kier molecular flexibility index (Phi) is 3.30. The first-order chi connectivity index (χ1) is 9.06. The summed E-state index contributed by atoms with van der Waals surface area (Å²) in [6, 6.07) is 9.05. The highest BCUT2D eigenvalue weighted by atomic mass is 35.5. The third-order valence-electron chi connectivity index (χ3n) is 3.32. The van der Waals surface area contributed by atoms with Crippen molar-refractivity contribution in [3.63, 3.8) is 0 Å². The van der Waals surface area contributed by atoms with Crippen LogP contribution in [0.15, 0.2) is 30.3 Å². The Morgan fingerprint density at radius 1 is 0.895 bits per heavy atom. The van der Waals surface area contributed by atoms with Crippen molar-refractivity contribution in [1.29, 1.82) is 0 Å². The van der Waals surface area contributed by atoms with Crippen LogP contribution in [0.1, 0.15) is 22.3 Å². The van der Waals surface area contributed by atoms with E-state index >= 15 is 0 Å². The van der Waals surface area contributed by atoms with Gasteiger partial charge in [0.15, 0.2) is 5.78 Å². The Labute approximate surface area is 126 Å². The van der Waals surface area contributed by atoms with Crippen LogP contribution in [0.2, 0.25) is 15.1 Å². The molecule has 0 saturated carbocycles. The molecule has 1 aliphatic rings. The Morgan fingerprint density at radius 2 is 1.58 bits per heavy atom. The topological polar surface area (TPSA) is 17.1 Å². The number of benzene rings is 2. The molecule has 1 aliphatic carbocycles. The molecule has 0 saturated heterocycles. The van der Waals surface area contributed by atoms with E-state index in [1.54, 1.807) is 12.1 Å². The van der Waals surface area contributed by atoms with Crippen LogP contribution in [0.25, 0.3) is 11.1 Å². The molecule has 0 spiro atoms. The van der Waals surface area contributed by atoms with E-state index in [0.29, 0.717) is 21.5 Å². The molecule has 0 atom stereocenters. The number of carbonyl (C=O) groups excluding carboxylic acids is 1. The molecule has 0 fully saturated rings. The molecule has 2 aromatic rings. The van der Waals surface area contributed by atoms with E-state index in [1.165, 1.54) is 0 Å². The Hall–Kier alpha value is -1.02. The van der Waals surface area contributed by atoms with Gasteiger partial charge >= 0.3 is 0 Å². The van der Waals surface area contributed by atoms with Crippen molar-refractivity contribution >= 4 is 40.6 Å². The third kappa shape index (κ3) is 2.27. The van der Waals surface area contributed by atoms with E-state index in [0.717, 1.165) is 28.7 Å². The van der Waals surface area contributed by atoms with Gasteiger partial charge in [0.25, 0.3) is 0 Å². The summed E-state index contributed by atoms with van der Waals surface area (Å²) in [5.74, 6) is 0.204. The monoisotopic (exact) mass is 310 g/mol. The summed E-state index contributed by atoms with van der Waals surface area (Å²) in [5, 5.41) is 1.54. The van der Waals surface area contributed by atoms with Gasteiger partial charge in [-0.2, -0.15) is 0 Å². The SMILES string of the molecule is O=C1CCc2cc(-c3c(Cl)cc(Cl)cc3Cl)ccc21. The minimum absolute atomic E-state index is 0.204. The Bertz CT molecular complexity index is 669. The minimum atomic E-state index is 0.204. The number of ketones is 1. The molecule has 2 aromatic carbocycles. The molecular weight excluding hydrogens is 303 g/mol. The molecule has 0 amide bonds. The zero-order valence-corrected chi connectivity index (χ0v) is 12.1. The van der Waals surface area contributed by atoms with E-state index in [2.05, 4.69) is 0 Å². The molecule has 0 aromatic heterocycles. The van der Waals surface area contributed by atoms with Gasteiger partial charge in [0.2, 0.25) is 0 Å². The third-order valence-corrected chi connectivity index (χ3v) is 4.14. The first kappa shape index (κ1) is 13.0. The number of hydrogen-bond acceptors (Lipinski definition) is 1. The molecule has 96 valence electrons. The van der Waals surface area contributed by atoms with Crippen LogP contribution in [-0.2, 0) is 6.42 Å². The van der Waals surface area contributed by atoms with E-state index in [1.807, 2.05) is 18.2 Å². The number of hydrogen-bond donors (Lipinski definition) is 0. The second-order valence-corrected chi connectivity index (χ2v) is 5.79. The normalized spacial score (nSPS) is 13.7. The molecule has 3 rings (SSSR count). The number of rotatable bonds is 1. The van der Waals surface area contributed by atoms with E-state index < -0.39 is 0 Å². The molecule has 0 heterocycles. The highest BCUT2D eigenvalue weighted by Crippen LogP contribution is 2.38. The average molecular weight is 312 g/mol. The van der Waals surface area contributed by atoms with Gasteiger partial charge in [0, 0.05) is 22.6 Å². The lowest BCUT2D eigenvalue weighted by Crippen LogP contribution is -1.91. The maximum Gasteiger partial charge on any atom is 0.163 e. The number of carbonyl (C=O) groups is 1. The number of aryl methyl sites for hydroxylation is 1. The van der Waals surface area contributed by atoms with Crippen LogP contribution in [0.3, 0.4) is 0 Å². The van der Waals surface area contributed by atoms with Crippen LogP contribution >= 0.6 is 34.8 Å². The van der Waals surface area contributed by atoms with Gasteiger partial charge in [0.05, 0.1) is 10.0 Å². The zero-order chi connectivity index (χ0) is 13.6. The number of fused-ring (bicyclic) bond motifs is 1.